The molecule has 0 N–H and O–H groups in total. The predicted octanol–water partition coefficient (Wildman–Crippen LogP) is 4.02. The van der Waals surface area contributed by atoms with Gasteiger partial charge in [-0.05, 0) is 30.2 Å². The molecular formula is C16H14ClNOS. The first-order valence-corrected chi connectivity index (χ1v) is 7.68. The van der Waals surface area contributed by atoms with Gasteiger partial charge in [0.05, 0.1) is 10.9 Å². The average molecular weight is 304 g/mol. The summed E-state index contributed by atoms with van der Waals surface area (Å²) in [5.74, 6) is 0.147. The van der Waals surface area contributed by atoms with Crippen LogP contribution < -0.4 is 4.90 Å². The van der Waals surface area contributed by atoms with Crippen LogP contribution in [0.15, 0.2) is 53.4 Å². The summed E-state index contributed by atoms with van der Waals surface area (Å²) in [4.78, 5) is 15.3. The molecule has 1 heterocycles. The largest absolute Gasteiger partial charge is 0.313 e. The van der Waals surface area contributed by atoms with Crippen molar-refractivity contribution < 1.29 is 4.79 Å². The summed E-state index contributed by atoms with van der Waals surface area (Å²) in [6.45, 7) is 0. The van der Waals surface area contributed by atoms with Crippen LogP contribution in [-0.4, -0.2) is 18.2 Å². The number of amides is 1. The highest BCUT2D eigenvalue weighted by molar-refractivity contribution is 8.01. The van der Waals surface area contributed by atoms with Crippen molar-refractivity contribution in [1.29, 1.82) is 0 Å². The van der Waals surface area contributed by atoms with Crippen LogP contribution in [0.5, 0.6) is 0 Å². The van der Waals surface area contributed by atoms with Gasteiger partial charge >= 0.3 is 0 Å². The van der Waals surface area contributed by atoms with Crippen molar-refractivity contribution in [3.8, 4) is 0 Å². The van der Waals surface area contributed by atoms with E-state index in [1.165, 1.54) is 5.56 Å². The summed E-state index contributed by atoms with van der Waals surface area (Å²) >= 11 is 7.65. The Morgan fingerprint density at radius 3 is 2.70 bits per heavy atom. The maximum absolute atomic E-state index is 12.4. The van der Waals surface area contributed by atoms with Gasteiger partial charge in [-0.1, -0.05) is 41.9 Å². The van der Waals surface area contributed by atoms with Crippen molar-refractivity contribution in [3.63, 3.8) is 0 Å². The molecule has 0 bridgehead atoms. The second-order valence-corrected chi connectivity index (χ2v) is 6.49. The molecule has 1 unspecified atom stereocenters. The lowest BCUT2D eigenvalue weighted by molar-refractivity contribution is -0.117. The number of halogens is 1. The third kappa shape index (κ3) is 2.56. The molecule has 0 saturated carbocycles. The van der Waals surface area contributed by atoms with Crippen molar-refractivity contribution in [2.45, 2.75) is 16.6 Å². The number of hydrogen-bond acceptors (Lipinski definition) is 2. The Labute approximate surface area is 127 Å². The molecule has 3 rings (SSSR count). The Morgan fingerprint density at radius 2 is 1.95 bits per heavy atom. The van der Waals surface area contributed by atoms with Crippen LogP contribution in [0.1, 0.15) is 5.56 Å². The number of carbonyl (C=O) groups excluding carboxylic acids is 1. The Balaban J connectivity index is 1.89. The van der Waals surface area contributed by atoms with Gasteiger partial charge in [0.2, 0.25) is 5.91 Å². The SMILES string of the molecule is CN1C(=O)C(Cc2ccccc2)Sc2cc(Cl)ccc21. The molecule has 0 radical (unpaired) electrons. The number of benzene rings is 2. The Hall–Kier alpha value is -1.45. The summed E-state index contributed by atoms with van der Waals surface area (Å²) in [6, 6.07) is 15.8. The second kappa shape index (κ2) is 5.51. The number of nitrogens with zero attached hydrogens (tertiary/aromatic N) is 1. The van der Waals surface area contributed by atoms with Gasteiger partial charge < -0.3 is 4.90 Å². The molecule has 0 aromatic heterocycles. The zero-order chi connectivity index (χ0) is 14.1. The highest BCUT2D eigenvalue weighted by Crippen LogP contribution is 2.40. The molecule has 2 aromatic carbocycles. The lowest BCUT2D eigenvalue weighted by Gasteiger charge is -2.31. The molecule has 0 fully saturated rings. The van der Waals surface area contributed by atoms with E-state index >= 15 is 0 Å². The van der Waals surface area contributed by atoms with Crippen LogP contribution in [0.4, 0.5) is 5.69 Å². The van der Waals surface area contributed by atoms with Gasteiger partial charge in [-0.15, -0.1) is 11.8 Å². The smallest absolute Gasteiger partial charge is 0.240 e. The van der Waals surface area contributed by atoms with Crippen LogP contribution >= 0.6 is 23.4 Å². The minimum Gasteiger partial charge on any atom is -0.313 e. The number of anilines is 1. The van der Waals surface area contributed by atoms with Gasteiger partial charge in [-0.2, -0.15) is 0 Å². The van der Waals surface area contributed by atoms with E-state index in [2.05, 4.69) is 12.1 Å². The van der Waals surface area contributed by atoms with Crippen LogP contribution in [0.2, 0.25) is 5.02 Å². The van der Waals surface area contributed by atoms with Gasteiger partial charge in [-0.25, -0.2) is 0 Å². The van der Waals surface area contributed by atoms with Crippen molar-refractivity contribution >= 4 is 35.0 Å². The molecule has 0 aliphatic carbocycles. The number of carbonyl (C=O) groups is 1. The van der Waals surface area contributed by atoms with Crippen molar-refractivity contribution in [2.75, 3.05) is 11.9 Å². The minimum absolute atomic E-state index is 0.0895. The number of hydrogen-bond donors (Lipinski definition) is 0. The van der Waals surface area contributed by atoms with Crippen LogP contribution in [0.3, 0.4) is 0 Å². The predicted molar refractivity (Wildman–Crippen MR) is 84.7 cm³/mol. The van der Waals surface area contributed by atoms with Crippen molar-refractivity contribution in [3.05, 3.63) is 59.1 Å². The lowest BCUT2D eigenvalue weighted by atomic mass is 10.1. The molecule has 0 saturated heterocycles. The fourth-order valence-corrected chi connectivity index (χ4v) is 3.95. The van der Waals surface area contributed by atoms with Crippen molar-refractivity contribution in [2.24, 2.45) is 0 Å². The zero-order valence-corrected chi connectivity index (χ0v) is 12.6. The maximum atomic E-state index is 12.4. The number of rotatable bonds is 2. The third-order valence-corrected chi connectivity index (χ3v) is 4.89. The zero-order valence-electron chi connectivity index (χ0n) is 11.0. The Kier molecular flexibility index (Phi) is 3.72. The minimum atomic E-state index is -0.0895. The van der Waals surface area contributed by atoms with E-state index in [1.807, 2.05) is 43.4 Å². The molecule has 2 nitrogen and oxygen atoms in total. The first-order valence-electron chi connectivity index (χ1n) is 6.43. The van der Waals surface area contributed by atoms with Gasteiger partial charge in [0.15, 0.2) is 0 Å². The van der Waals surface area contributed by atoms with Crippen LogP contribution in [0.25, 0.3) is 0 Å². The van der Waals surface area contributed by atoms with E-state index in [4.69, 9.17) is 11.6 Å². The molecule has 20 heavy (non-hydrogen) atoms. The Morgan fingerprint density at radius 1 is 1.20 bits per heavy atom. The van der Waals surface area contributed by atoms with Gasteiger partial charge in [-0.3, -0.25) is 4.79 Å². The fourth-order valence-electron chi connectivity index (χ4n) is 2.35. The van der Waals surface area contributed by atoms with E-state index in [0.29, 0.717) is 5.02 Å². The normalized spacial score (nSPS) is 18.0. The molecule has 2 aromatic rings. The first-order chi connectivity index (χ1) is 9.65. The second-order valence-electron chi connectivity index (χ2n) is 4.81. The van der Waals surface area contributed by atoms with E-state index < -0.39 is 0 Å². The van der Waals surface area contributed by atoms with Gasteiger partial charge in [0.1, 0.15) is 0 Å². The summed E-state index contributed by atoms with van der Waals surface area (Å²) in [6.07, 6.45) is 0.737. The van der Waals surface area contributed by atoms with Crippen molar-refractivity contribution in [1.82, 2.24) is 0 Å². The molecule has 0 spiro atoms. The summed E-state index contributed by atoms with van der Waals surface area (Å²) < 4.78 is 0. The third-order valence-electron chi connectivity index (χ3n) is 3.42. The maximum Gasteiger partial charge on any atom is 0.240 e. The quantitative estimate of drug-likeness (QED) is 0.835. The first kappa shape index (κ1) is 13.5. The molecule has 1 atom stereocenters. The van der Waals surface area contributed by atoms with E-state index in [9.17, 15) is 4.79 Å². The van der Waals surface area contributed by atoms with E-state index in [-0.39, 0.29) is 11.2 Å². The molecule has 4 heteroatoms. The van der Waals surface area contributed by atoms with Gasteiger partial charge in [0.25, 0.3) is 0 Å². The van der Waals surface area contributed by atoms with Crippen LogP contribution in [-0.2, 0) is 11.2 Å². The standard InChI is InChI=1S/C16H14ClNOS/c1-18-13-8-7-12(17)10-14(13)20-15(16(18)19)9-11-5-3-2-4-6-11/h2-8,10,15H,9H2,1H3. The summed E-state index contributed by atoms with van der Waals surface area (Å²) in [5.41, 5.74) is 2.12. The molecule has 1 aliphatic heterocycles. The molecular weight excluding hydrogens is 290 g/mol. The average Bonchev–Trinajstić information content (AvgIpc) is 2.45. The lowest BCUT2D eigenvalue weighted by Crippen LogP contribution is -2.39. The summed E-state index contributed by atoms with van der Waals surface area (Å²) in [7, 11) is 1.83. The highest BCUT2D eigenvalue weighted by atomic mass is 35.5. The van der Waals surface area contributed by atoms with Gasteiger partial charge in [0, 0.05) is 17.0 Å². The molecule has 1 amide bonds. The van der Waals surface area contributed by atoms with E-state index in [1.54, 1.807) is 16.7 Å². The molecule has 102 valence electrons. The highest BCUT2D eigenvalue weighted by Gasteiger charge is 2.31. The topological polar surface area (TPSA) is 20.3 Å². The number of thioether (sulfide) groups is 1. The monoisotopic (exact) mass is 303 g/mol. The fraction of sp³-hybridized carbons (Fsp3) is 0.188. The van der Waals surface area contributed by atoms with E-state index in [0.717, 1.165) is 17.0 Å². The number of fused-ring (bicyclic) bond motifs is 1. The Bertz CT molecular complexity index is 644. The summed E-state index contributed by atoms with van der Waals surface area (Å²) in [5, 5.41) is 0.617. The molecule has 1 aliphatic rings. The van der Waals surface area contributed by atoms with Crippen LogP contribution in [0, 0.1) is 0 Å².